The minimum absolute atomic E-state index is 0.0254. The second-order valence-corrected chi connectivity index (χ2v) is 4.74. The molecule has 2 N–H and O–H groups in total. The number of rotatable bonds is 2. The smallest absolute Gasteiger partial charge is 0.254 e. The predicted octanol–water partition coefficient (Wildman–Crippen LogP) is 1.69. The van der Waals surface area contributed by atoms with Crippen LogP contribution in [-0.2, 0) is 13.1 Å². The summed E-state index contributed by atoms with van der Waals surface area (Å²) < 4.78 is 0. The normalized spacial score (nSPS) is 13.2. The fourth-order valence-corrected chi connectivity index (χ4v) is 2.36. The van der Waals surface area contributed by atoms with E-state index in [1.165, 1.54) is 0 Å². The van der Waals surface area contributed by atoms with Crippen LogP contribution in [0.1, 0.15) is 27.2 Å². The lowest BCUT2D eigenvalue weighted by Crippen LogP contribution is -2.23. The molecule has 0 aliphatic carbocycles. The minimum Gasteiger partial charge on any atom is -0.399 e. The predicted molar refractivity (Wildman–Crippen MR) is 73.4 cm³/mol. The van der Waals surface area contributed by atoms with Gasteiger partial charge in [-0.05, 0) is 35.4 Å². The summed E-state index contributed by atoms with van der Waals surface area (Å²) in [5.74, 6) is -0.0254. The molecule has 0 spiro atoms. The van der Waals surface area contributed by atoms with Crippen LogP contribution >= 0.6 is 0 Å². The van der Waals surface area contributed by atoms with E-state index in [0.717, 1.165) is 11.1 Å². The highest BCUT2D eigenvalue weighted by molar-refractivity contribution is 5.99. The number of nitrogen functional groups attached to an aromatic ring is 1. The van der Waals surface area contributed by atoms with E-state index in [-0.39, 0.29) is 5.91 Å². The number of nitrogens with two attached hydrogens (primary N) is 1. The summed E-state index contributed by atoms with van der Waals surface area (Å²) in [6, 6.07) is 10.9. The molecule has 0 radical (unpaired) electrons. The second-order valence-electron chi connectivity index (χ2n) is 4.74. The van der Waals surface area contributed by atoms with Crippen molar-refractivity contribution in [1.82, 2.24) is 9.88 Å². The molecular weight excluding hydrogens is 252 g/mol. The van der Waals surface area contributed by atoms with Crippen molar-refractivity contribution in [2.75, 3.05) is 5.73 Å². The van der Waals surface area contributed by atoms with E-state index in [9.17, 15) is 4.79 Å². The molecule has 5 nitrogen and oxygen atoms in total. The van der Waals surface area contributed by atoms with Gasteiger partial charge < -0.3 is 10.6 Å². The molecule has 98 valence electrons. The van der Waals surface area contributed by atoms with Crippen molar-refractivity contribution in [2.24, 2.45) is 0 Å². The van der Waals surface area contributed by atoms with Crippen LogP contribution in [0.25, 0.3) is 0 Å². The first kappa shape index (κ1) is 12.2. The van der Waals surface area contributed by atoms with E-state index < -0.39 is 0 Å². The number of anilines is 1. The Hall–Kier alpha value is -2.87. The summed E-state index contributed by atoms with van der Waals surface area (Å²) in [6.07, 6.45) is 1.58. The number of pyridine rings is 1. The molecule has 1 aromatic heterocycles. The molecule has 1 aliphatic heterocycles. The van der Waals surface area contributed by atoms with Gasteiger partial charge in [-0.2, -0.15) is 5.26 Å². The van der Waals surface area contributed by atoms with Crippen LogP contribution < -0.4 is 5.73 Å². The highest BCUT2D eigenvalue weighted by atomic mass is 16.2. The number of hydrogen-bond donors (Lipinski definition) is 1. The Bertz CT molecular complexity index is 733. The number of fused-ring (bicyclic) bond motifs is 1. The SMILES string of the molecule is N#Cc1cc(CN2Cc3ccc(N)cc3C2=O)ccn1. The lowest BCUT2D eigenvalue weighted by Gasteiger charge is -2.15. The molecule has 5 heteroatoms. The highest BCUT2D eigenvalue weighted by Gasteiger charge is 2.27. The molecule has 3 rings (SSSR count). The van der Waals surface area contributed by atoms with Gasteiger partial charge in [0.15, 0.2) is 0 Å². The van der Waals surface area contributed by atoms with Crippen molar-refractivity contribution < 1.29 is 4.79 Å². The Kier molecular flexibility index (Phi) is 2.84. The van der Waals surface area contributed by atoms with Gasteiger partial charge in [0, 0.05) is 30.5 Å². The Morgan fingerprint density at radius 2 is 2.20 bits per heavy atom. The summed E-state index contributed by atoms with van der Waals surface area (Å²) >= 11 is 0. The summed E-state index contributed by atoms with van der Waals surface area (Å²) in [4.78, 5) is 18.0. The van der Waals surface area contributed by atoms with E-state index in [0.29, 0.717) is 30.0 Å². The third-order valence-electron chi connectivity index (χ3n) is 3.33. The summed E-state index contributed by atoms with van der Waals surface area (Å²) in [5, 5.41) is 8.84. The lowest BCUT2D eigenvalue weighted by atomic mass is 10.1. The van der Waals surface area contributed by atoms with Gasteiger partial charge in [-0.3, -0.25) is 4.79 Å². The molecule has 0 atom stereocenters. The maximum atomic E-state index is 12.3. The molecule has 20 heavy (non-hydrogen) atoms. The van der Waals surface area contributed by atoms with Crippen LogP contribution in [0, 0.1) is 11.3 Å². The topological polar surface area (TPSA) is 83.0 Å². The van der Waals surface area contributed by atoms with Gasteiger partial charge in [0.25, 0.3) is 5.91 Å². The average molecular weight is 264 g/mol. The first-order valence-corrected chi connectivity index (χ1v) is 6.20. The molecule has 2 heterocycles. The molecule has 0 saturated heterocycles. The second kappa shape index (κ2) is 4.67. The molecule has 1 aliphatic rings. The molecule has 1 amide bonds. The van der Waals surface area contributed by atoms with Gasteiger partial charge in [0.05, 0.1) is 0 Å². The van der Waals surface area contributed by atoms with E-state index >= 15 is 0 Å². The molecule has 0 bridgehead atoms. The number of aromatic nitrogens is 1. The van der Waals surface area contributed by atoms with Crippen LogP contribution in [0.5, 0.6) is 0 Å². The number of nitriles is 1. The minimum atomic E-state index is -0.0254. The largest absolute Gasteiger partial charge is 0.399 e. The average Bonchev–Trinajstić information content (AvgIpc) is 2.76. The first-order valence-electron chi connectivity index (χ1n) is 6.20. The third kappa shape index (κ3) is 2.08. The van der Waals surface area contributed by atoms with Crippen molar-refractivity contribution in [1.29, 1.82) is 5.26 Å². The fraction of sp³-hybridized carbons (Fsp3) is 0.133. The van der Waals surface area contributed by atoms with E-state index in [2.05, 4.69) is 4.98 Å². The van der Waals surface area contributed by atoms with Crippen molar-refractivity contribution in [3.63, 3.8) is 0 Å². The van der Waals surface area contributed by atoms with Crippen LogP contribution in [0.15, 0.2) is 36.5 Å². The molecule has 1 aromatic carbocycles. The Morgan fingerprint density at radius 3 is 3.00 bits per heavy atom. The molecule has 0 unspecified atom stereocenters. The fourth-order valence-electron chi connectivity index (χ4n) is 2.36. The molecular formula is C15H12N4O. The molecule has 0 saturated carbocycles. The highest BCUT2D eigenvalue weighted by Crippen LogP contribution is 2.26. The van der Waals surface area contributed by atoms with Crippen LogP contribution in [-0.4, -0.2) is 15.8 Å². The zero-order valence-corrected chi connectivity index (χ0v) is 10.7. The van der Waals surface area contributed by atoms with Gasteiger partial charge in [0.2, 0.25) is 0 Å². The zero-order chi connectivity index (χ0) is 14.1. The molecule has 2 aromatic rings. The monoisotopic (exact) mass is 264 g/mol. The van der Waals surface area contributed by atoms with E-state index in [4.69, 9.17) is 11.0 Å². The summed E-state index contributed by atoms with van der Waals surface area (Å²) in [5.41, 5.74) is 9.21. The van der Waals surface area contributed by atoms with Gasteiger partial charge >= 0.3 is 0 Å². The number of benzene rings is 1. The standard InChI is InChI=1S/C15H12N4O/c16-7-13-5-10(3-4-18-13)8-19-9-11-1-2-12(17)6-14(11)15(19)20/h1-6H,8-9,17H2. The Balaban J connectivity index is 1.84. The van der Waals surface area contributed by atoms with Crippen LogP contribution in [0.2, 0.25) is 0 Å². The maximum absolute atomic E-state index is 12.3. The van der Waals surface area contributed by atoms with Crippen molar-refractivity contribution >= 4 is 11.6 Å². The summed E-state index contributed by atoms with van der Waals surface area (Å²) in [7, 11) is 0. The van der Waals surface area contributed by atoms with Gasteiger partial charge in [-0.15, -0.1) is 0 Å². The Morgan fingerprint density at radius 1 is 1.35 bits per heavy atom. The lowest BCUT2D eigenvalue weighted by molar-refractivity contribution is 0.0766. The van der Waals surface area contributed by atoms with Gasteiger partial charge in [-0.1, -0.05) is 6.07 Å². The van der Waals surface area contributed by atoms with Gasteiger partial charge in [0.1, 0.15) is 11.8 Å². The number of amides is 1. The first-order chi connectivity index (χ1) is 9.67. The van der Waals surface area contributed by atoms with Crippen molar-refractivity contribution in [3.8, 4) is 6.07 Å². The van der Waals surface area contributed by atoms with Crippen molar-refractivity contribution in [2.45, 2.75) is 13.1 Å². The number of hydrogen-bond acceptors (Lipinski definition) is 4. The number of carbonyl (C=O) groups is 1. The number of carbonyl (C=O) groups excluding carboxylic acids is 1. The molecule has 0 fully saturated rings. The third-order valence-corrected chi connectivity index (χ3v) is 3.33. The quantitative estimate of drug-likeness (QED) is 0.837. The van der Waals surface area contributed by atoms with Crippen molar-refractivity contribution in [3.05, 3.63) is 58.9 Å². The zero-order valence-electron chi connectivity index (χ0n) is 10.7. The van der Waals surface area contributed by atoms with Crippen LogP contribution in [0.3, 0.4) is 0 Å². The van der Waals surface area contributed by atoms with Crippen LogP contribution in [0.4, 0.5) is 5.69 Å². The number of nitrogens with zero attached hydrogens (tertiary/aromatic N) is 3. The van der Waals surface area contributed by atoms with Gasteiger partial charge in [-0.25, -0.2) is 4.98 Å². The van der Waals surface area contributed by atoms with E-state index in [1.807, 2.05) is 18.2 Å². The van der Waals surface area contributed by atoms with E-state index in [1.54, 1.807) is 29.3 Å². The maximum Gasteiger partial charge on any atom is 0.254 e. The Labute approximate surface area is 116 Å². The summed E-state index contributed by atoms with van der Waals surface area (Å²) in [6.45, 7) is 1.03.